The summed E-state index contributed by atoms with van der Waals surface area (Å²) in [6, 6.07) is 12.7. The SMILES string of the molecule is O=C(O)c1cc(N=Nc2c(S(=O)(=O)O)cc3cc(Nc4ccc5c(O)c(N=Nc6cc(C(=O)O)c(O)cc6O)c(S(=O)(=O)O)cc5c4)ccc3c2O)c(O)cc1O.[Cu].[Cu]. The van der Waals surface area contributed by atoms with Gasteiger partial charge in [0.05, 0.1) is 0 Å². The number of phenols is 6. The second-order valence-electron chi connectivity index (χ2n) is 11.8. The van der Waals surface area contributed by atoms with Crippen molar-refractivity contribution in [3.8, 4) is 34.5 Å². The van der Waals surface area contributed by atoms with Crippen LogP contribution in [-0.2, 0) is 54.4 Å². The summed E-state index contributed by atoms with van der Waals surface area (Å²) in [5, 5.41) is 97.6. The minimum absolute atomic E-state index is 0. The van der Waals surface area contributed by atoms with E-state index in [1.807, 2.05) is 0 Å². The van der Waals surface area contributed by atoms with E-state index in [-0.39, 0.29) is 67.1 Å². The molecule has 314 valence electrons. The van der Waals surface area contributed by atoms with Gasteiger partial charge >= 0.3 is 11.9 Å². The van der Waals surface area contributed by atoms with Crippen LogP contribution in [-0.4, -0.2) is 78.7 Å². The van der Waals surface area contributed by atoms with E-state index in [9.17, 15) is 76.4 Å². The summed E-state index contributed by atoms with van der Waals surface area (Å²) in [7, 11) is -10.2. The van der Waals surface area contributed by atoms with Crippen LogP contribution in [0, 0.1) is 0 Å². The van der Waals surface area contributed by atoms with Crippen molar-refractivity contribution < 1.29 is 111 Å². The molecule has 0 aliphatic heterocycles. The molecule has 0 atom stereocenters. The largest absolute Gasteiger partial charge is 0.507 e. The van der Waals surface area contributed by atoms with Gasteiger partial charge in [-0.3, -0.25) is 9.11 Å². The molecule has 6 aromatic carbocycles. The molecule has 0 heterocycles. The van der Waals surface area contributed by atoms with Gasteiger partial charge in [-0.1, -0.05) is 0 Å². The molecule has 6 rings (SSSR count). The van der Waals surface area contributed by atoms with Crippen molar-refractivity contribution in [1.29, 1.82) is 0 Å². The van der Waals surface area contributed by atoms with Crippen molar-refractivity contribution in [2.24, 2.45) is 20.5 Å². The molecule has 59 heavy (non-hydrogen) atoms. The molecule has 0 amide bonds. The molecule has 6 aromatic rings. The van der Waals surface area contributed by atoms with Gasteiger partial charge in [-0.05, 0) is 71.4 Å². The van der Waals surface area contributed by atoms with E-state index in [1.165, 1.54) is 36.4 Å². The molecule has 0 unspecified atom stereocenters. The summed E-state index contributed by atoms with van der Waals surface area (Å²) in [6.07, 6.45) is 0. The quantitative estimate of drug-likeness (QED) is 0.0387. The maximum Gasteiger partial charge on any atom is 0.339 e. The second kappa shape index (κ2) is 16.7. The summed E-state index contributed by atoms with van der Waals surface area (Å²) < 4.78 is 69.5. The molecular weight excluding hydrogens is 926 g/mol. The zero-order chi connectivity index (χ0) is 41.7. The summed E-state index contributed by atoms with van der Waals surface area (Å²) >= 11 is 0. The molecule has 2 radical (unpaired) electrons. The number of carboxylic acids is 2. The van der Waals surface area contributed by atoms with Crippen LogP contribution in [0.4, 0.5) is 34.1 Å². The fourth-order valence-electron chi connectivity index (χ4n) is 5.45. The van der Waals surface area contributed by atoms with E-state index >= 15 is 0 Å². The molecule has 0 aromatic heterocycles. The number of fused-ring (bicyclic) bond motifs is 2. The van der Waals surface area contributed by atoms with E-state index in [0.717, 1.165) is 24.3 Å². The third kappa shape index (κ3) is 9.12. The number of nitrogens with zero attached hydrogens (tertiary/aromatic N) is 4. The Morgan fingerprint density at radius 3 is 1.17 bits per heavy atom. The third-order valence-electron chi connectivity index (χ3n) is 8.11. The van der Waals surface area contributed by atoms with Gasteiger partial charge < -0.3 is 46.2 Å². The van der Waals surface area contributed by atoms with Gasteiger partial charge in [0.2, 0.25) is 0 Å². The van der Waals surface area contributed by atoms with Gasteiger partial charge in [-0.2, -0.15) is 16.8 Å². The molecule has 0 saturated heterocycles. The average Bonchev–Trinajstić information content (AvgIpc) is 3.10. The Kier molecular flexibility index (Phi) is 12.8. The Morgan fingerprint density at radius 1 is 0.492 bits per heavy atom. The molecule has 0 saturated carbocycles. The van der Waals surface area contributed by atoms with Gasteiger partial charge in [0, 0.05) is 68.4 Å². The molecule has 0 bridgehead atoms. The fraction of sp³-hybridized carbons (Fsp3) is 0. The number of aromatic hydroxyl groups is 6. The minimum atomic E-state index is -5.12. The average molecular weight is 949 g/mol. The normalized spacial score (nSPS) is 11.8. The number of hydrogen-bond acceptors (Lipinski definition) is 17. The number of nitrogens with one attached hydrogen (secondary N) is 1. The van der Waals surface area contributed by atoms with Crippen LogP contribution in [0.2, 0.25) is 0 Å². The number of phenolic OH excluding ortho intramolecular Hbond substituents is 4. The number of carboxylic acid groups (broad SMARTS) is 2. The van der Waals surface area contributed by atoms with Crippen molar-refractivity contribution in [1.82, 2.24) is 0 Å². The summed E-state index contributed by atoms with van der Waals surface area (Å²) in [4.78, 5) is 20.9. The molecule has 11 N–H and O–H groups in total. The van der Waals surface area contributed by atoms with Crippen molar-refractivity contribution in [2.45, 2.75) is 9.79 Å². The van der Waals surface area contributed by atoms with Gasteiger partial charge in [0.15, 0.2) is 11.5 Å². The van der Waals surface area contributed by atoms with Crippen LogP contribution in [0.1, 0.15) is 20.7 Å². The van der Waals surface area contributed by atoms with Gasteiger partial charge in [0.25, 0.3) is 20.2 Å². The van der Waals surface area contributed by atoms with E-state index in [4.69, 9.17) is 0 Å². The first-order valence-electron chi connectivity index (χ1n) is 15.4. The zero-order valence-electron chi connectivity index (χ0n) is 28.6. The van der Waals surface area contributed by atoms with Crippen LogP contribution in [0.5, 0.6) is 34.5 Å². The monoisotopic (exact) mass is 947 g/mol. The Hall–Kier alpha value is -6.56. The van der Waals surface area contributed by atoms with E-state index in [1.54, 1.807) is 0 Å². The van der Waals surface area contributed by atoms with Crippen LogP contribution in [0.15, 0.2) is 103 Å². The molecule has 0 aliphatic rings. The van der Waals surface area contributed by atoms with Crippen LogP contribution >= 0.6 is 0 Å². The van der Waals surface area contributed by atoms with Gasteiger partial charge in [-0.25, -0.2) is 9.59 Å². The Morgan fingerprint density at radius 2 is 0.847 bits per heavy atom. The number of azo groups is 2. The Balaban J connectivity index is 0.00000384. The Labute approximate surface area is 350 Å². The predicted molar refractivity (Wildman–Crippen MR) is 196 cm³/mol. The van der Waals surface area contributed by atoms with Crippen LogP contribution in [0.25, 0.3) is 21.5 Å². The van der Waals surface area contributed by atoms with Crippen molar-refractivity contribution in [3.63, 3.8) is 0 Å². The molecule has 0 spiro atoms. The number of hydrogen-bond donors (Lipinski definition) is 11. The Bertz CT molecular complexity index is 2830. The first kappa shape index (κ1) is 45.1. The number of carbonyl (C=O) groups is 2. The predicted octanol–water partition coefficient (Wildman–Crippen LogP) is 6.69. The second-order valence-corrected chi connectivity index (χ2v) is 14.6. The number of benzene rings is 6. The van der Waals surface area contributed by atoms with E-state index < -0.39 is 110 Å². The zero-order valence-corrected chi connectivity index (χ0v) is 32.1. The summed E-state index contributed by atoms with van der Waals surface area (Å²) in [6.45, 7) is 0. The molecule has 21 nitrogen and oxygen atoms in total. The van der Waals surface area contributed by atoms with Crippen molar-refractivity contribution >= 4 is 87.8 Å². The maximum atomic E-state index is 12.4. The van der Waals surface area contributed by atoms with E-state index in [2.05, 4.69) is 25.8 Å². The topological polar surface area (TPSA) is 366 Å². The third-order valence-corrected chi connectivity index (χ3v) is 9.84. The molecule has 0 aliphatic carbocycles. The van der Waals surface area contributed by atoms with Crippen LogP contribution < -0.4 is 5.32 Å². The smallest absolute Gasteiger partial charge is 0.339 e. The number of anilines is 2. The first-order valence-corrected chi connectivity index (χ1v) is 18.3. The first-order chi connectivity index (χ1) is 26.6. The minimum Gasteiger partial charge on any atom is -0.507 e. The molecule has 25 heteroatoms. The molecule has 0 fully saturated rings. The van der Waals surface area contributed by atoms with Gasteiger partial charge in [-0.15, -0.1) is 20.5 Å². The number of rotatable bonds is 10. The summed E-state index contributed by atoms with van der Waals surface area (Å²) in [5.41, 5.74) is -3.56. The molecular formula is C34H23Cu2N5O16S2. The maximum absolute atomic E-state index is 12.4. The fourth-order valence-corrected chi connectivity index (χ4v) is 6.77. The van der Waals surface area contributed by atoms with Crippen molar-refractivity contribution in [3.05, 3.63) is 83.9 Å². The van der Waals surface area contributed by atoms with Crippen molar-refractivity contribution in [2.75, 3.05) is 5.32 Å². The van der Waals surface area contributed by atoms with Gasteiger partial charge in [0.1, 0.15) is 66.7 Å². The summed E-state index contributed by atoms with van der Waals surface area (Å²) in [5.74, 6) is -7.90. The van der Waals surface area contributed by atoms with E-state index in [0.29, 0.717) is 12.1 Å². The standard InChI is InChI=1S/C34H23N5O16S2.2Cu/c40-23-11-25(42)21(9-19(23)33(46)47)36-38-29-27(56(50,51)52)7-13-5-15(1-3-17(13)31(29)44)35-16-2-4-18-14(6-16)8-28(57(53,54)55)30(32(18)45)39-37-22-10-20(34(48)49)24(41)12-26(22)43;;/h1-12,35,40-45H,(H,46,47)(H,48,49)(H,50,51,52)(H,53,54,55);;. The van der Waals surface area contributed by atoms with Crippen LogP contribution in [0.3, 0.4) is 0 Å². The number of aromatic carboxylic acids is 2.